The van der Waals surface area contributed by atoms with E-state index in [0.29, 0.717) is 11.3 Å². The summed E-state index contributed by atoms with van der Waals surface area (Å²) in [6, 6.07) is 14.9. The number of aliphatic hydroxyl groups excluding tert-OH is 1. The second kappa shape index (κ2) is 7.61. The summed E-state index contributed by atoms with van der Waals surface area (Å²) in [4.78, 5) is 12.0. The molecule has 4 heteroatoms. The summed E-state index contributed by atoms with van der Waals surface area (Å²) in [5.74, 6) is 0.516. The maximum atomic E-state index is 12.0. The third-order valence-corrected chi connectivity index (χ3v) is 3.21. The summed E-state index contributed by atoms with van der Waals surface area (Å²) in [7, 11) is 0. The van der Waals surface area contributed by atoms with Gasteiger partial charge >= 0.3 is 0 Å². The first-order valence-electron chi connectivity index (χ1n) is 7.27. The summed E-state index contributed by atoms with van der Waals surface area (Å²) < 4.78 is 5.50. The van der Waals surface area contributed by atoms with Gasteiger partial charge in [0.1, 0.15) is 18.5 Å². The average Bonchev–Trinajstić information content (AvgIpc) is 2.50. The second-order valence-electron chi connectivity index (χ2n) is 5.36. The van der Waals surface area contributed by atoms with E-state index in [9.17, 15) is 9.90 Å². The molecule has 1 amide bonds. The summed E-state index contributed by atoms with van der Waals surface area (Å²) in [5.41, 5.74) is 2.71. The lowest BCUT2D eigenvalue weighted by molar-refractivity contribution is 0.0843. The van der Waals surface area contributed by atoms with Crippen molar-refractivity contribution in [3.63, 3.8) is 0 Å². The van der Waals surface area contributed by atoms with Crippen LogP contribution in [0.25, 0.3) is 0 Å². The van der Waals surface area contributed by atoms with Crippen LogP contribution in [0.4, 0.5) is 0 Å². The molecule has 0 radical (unpaired) electrons. The molecule has 0 unspecified atom stereocenters. The van der Waals surface area contributed by atoms with E-state index in [2.05, 4.69) is 5.32 Å². The van der Waals surface area contributed by atoms with Crippen LogP contribution < -0.4 is 10.1 Å². The van der Waals surface area contributed by atoms with Gasteiger partial charge < -0.3 is 15.2 Å². The zero-order chi connectivity index (χ0) is 15.9. The largest absolute Gasteiger partial charge is 0.491 e. The van der Waals surface area contributed by atoms with Crippen molar-refractivity contribution < 1.29 is 14.6 Å². The summed E-state index contributed by atoms with van der Waals surface area (Å²) in [6.07, 6.45) is -0.755. The Kier molecular flexibility index (Phi) is 5.55. The van der Waals surface area contributed by atoms with Crippen molar-refractivity contribution in [2.75, 3.05) is 13.2 Å². The molecule has 2 aromatic carbocycles. The van der Waals surface area contributed by atoms with Gasteiger partial charge in [-0.2, -0.15) is 0 Å². The fourth-order valence-corrected chi connectivity index (χ4v) is 2.06. The smallest absolute Gasteiger partial charge is 0.251 e. The molecule has 0 bridgehead atoms. The molecule has 2 aromatic rings. The van der Waals surface area contributed by atoms with Crippen LogP contribution in [-0.4, -0.2) is 30.3 Å². The van der Waals surface area contributed by atoms with Crippen LogP contribution in [0.5, 0.6) is 5.75 Å². The van der Waals surface area contributed by atoms with Crippen molar-refractivity contribution in [3.05, 3.63) is 65.2 Å². The Bertz CT molecular complexity index is 640. The quantitative estimate of drug-likeness (QED) is 0.861. The van der Waals surface area contributed by atoms with Gasteiger partial charge in [-0.1, -0.05) is 29.8 Å². The number of amides is 1. The van der Waals surface area contributed by atoms with E-state index in [1.165, 1.54) is 0 Å². The number of carbonyl (C=O) groups excluding carboxylic acids is 1. The number of rotatable bonds is 6. The predicted octanol–water partition coefficient (Wildman–Crippen LogP) is 2.47. The molecule has 0 saturated heterocycles. The summed E-state index contributed by atoms with van der Waals surface area (Å²) in [5, 5.41) is 12.6. The van der Waals surface area contributed by atoms with E-state index >= 15 is 0 Å². The van der Waals surface area contributed by atoms with Crippen LogP contribution in [0.1, 0.15) is 21.5 Å². The SMILES string of the molecule is Cc1cccc(OC[C@H](O)CNC(=O)c2cccc(C)c2)c1. The Labute approximate surface area is 130 Å². The Balaban J connectivity index is 1.78. The normalized spacial score (nSPS) is 11.8. The van der Waals surface area contributed by atoms with E-state index in [1.54, 1.807) is 6.07 Å². The van der Waals surface area contributed by atoms with Crippen molar-refractivity contribution in [1.82, 2.24) is 5.32 Å². The number of nitrogens with one attached hydrogen (secondary N) is 1. The lowest BCUT2D eigenvalue weighted by Crippen LogP contribution is -2.35. The topological polar surface area (TPSA) is 58.6 Å². The van der Waals surface area contributed by atoms with Gasteiger partial charge in [0.2, 0.25) is 0 Å². The first-order valence-corrected chi connectivity index (χ1v) is 7.27. The van der Waals surface area contributed by atoms with Crippen molar-refractivity contribution in [1.29, 1.82) is 0 Å². The van der Waals surface area contributed by atoms with Gasteiger partial charge in [-0.05, 0) is 43.7 Å². The van der Waals surface area contributed by atoms with E-state index in [1.807, 2.05) is 56.3 Å². The van der Waals surface area contributed by atoms with Crippen molar-refractivity contribution in [3.8, 4) is 5.75 Å². The minimum absolute atomic E-state index is 0.136. The highest BCUT2D eigenvalue weighted by atomic mass is 16.5. The van der Waals surface area contributed by atoms with Gasteiger partial charge in [-0.3, -0.25) is 4.79 Å². The number of aliphatic hydroxyl groups is 1. The van der Waals surface area contributed by atoms with Gasteiger partial charge in [-0.15, -0.1) is 0 Å². The number of aryl methyl sites for hydroxylation is 2. The predicted molar refractivity (Wildman–Crippen MR) is 86.2 cm³/mol. The highest BCUT2D eigenvalue weighted by Gasteiger charge is 2.10. The molecular weight excluding hydrogens is 278 g/mol. The molecule has 0 aliphatic carbocycles. The Morgan fingerprint density at radius 3 is 2.50 bits per heavy atom. The molecule has 0 spiro atoms. The summed E-state index contributed by atoms with van der Waals surface area (Å²) in [6.45, 7) is 4.20. The molecule has 1 atom stereocenters. The van der Waals surface area contributed by atoms with Crippen molar-refractivity contribution in [2.45, 2.75) is 20.0 Å². The van der Waals surface area contributed by atoms with Crippen LogP contribution in [-0.2, 0) is 0 Å². The standard InChI is InChI=1S/C18H21NO3/c1-13-5-3-7-15(9-13)18(21)19-11-16(20)12-22-17-8-4-6-14(2)10-17/h3-10,16,20H,11-12H2,1-2H3,(H,19,21)/t16-/m1/s1. The minimum Gasteiger partial charge on any atom is -0.491 e. The zero-order valence-corrected chi connectivity index (χ0v) is 12.9. The average molecular weight is 299 g/mol. The molecule has 0 fully saturated rings. The van der Waals surface area contributed by atoms with Crippen LogP contribution in [0.2, 0.25) is 0 Å². The lowest BCUT2D eigenvalue weighted by atomic mass is 10.1. The van der Waals surface area contributed by atoms with Crippen molar-refractivity contribution >= 4 is 5.91 Å². The summed E-state index contributed by atoms with van der Waals surface area (Å²) >= 11 is 0. The molecule has 2 rings (SSSR count). The second-order valence-corrected chi connectivity index (χ2v) is 5.36. The van der Waals surface area contributed by atoms with Crippen LogP contribution >= 0.6 is 0 Å². The van der Waals surface area contributed by atoms with Gasteiger partial charge in [0.05, 0.1) is 0 Å². The number of ether oxygens (including phenoxy) is 1. The minimum atomic E-state index is -0.755. The van der Waals surface area contributed by atoms with E-state index in [4.69, 9.17) is 4.74 Å². The number of hydrogen-bond acceptors (Lipinski definition) is 3. The van der Waals surface area contributed by atoms with E-state index < -0.39 is 6.10 Å². The van der Waals surface area contributed by atoms with Crippen LogP contribution in [0, 0.1) is 13.8 Å². The molecule has 0 aromatic heterocycles. The fourth-order valence-electron chi connectivity index (χ4n) is 2.06. The van der Waals surface area contributed by atoms with Gasteiger partial charge in [0.15, 0.2) is 0 Å². The molecular formula is C18H21NO3. The third-order valence-electron chi connectivity index (χ3n) is 3.21. The Morgan fingerprint density at radius 1 is 1.14 bits per heavy atom. The molecule has 2 N–H and O–H groups in total. The lowest BCUT2D eigenvalue weighted by Gasteiger charge is -2.13. The first kappa shape index (κ1) is 16.0. The van der Waals surface area contributed by atoms with Crippen molar-refractivity contribution in [2.24, 2.45) is 0 Å². The number of benzene rings is 2. The monoisotopic (exact) mass is 299 g/mol. The molecule has 116 valence electrons. The molecule has 0 saturated carbocycles. The maximum absolute atomic E-state index is 12.0. The molecule has 22 heavy (non-hydrogen) atoms. The highest BCUT2D eigenvalue weighted by molar-refractivity contribution is 5.94. The van der Waals surface area contributed by atoms with Crippen LogP contribution in [0.15, 0.2) is 48.5 Å². The molecule has 0 aliphatic rings. The van der Waals surface area contributed by atoms with Gasteiger partial charge in [0.25, 0.3) is 5.91 Å². The fraction of sp³-hybridized carbons (Fsp3) is 0.278. The Hall–Kier alpha value is -2.33. The molecule has 4 nitrogen and oxygen atoms in total. The van der Waals surface area contributed by atoms with Crippen LogP contribution in [0.3, 0.4) is 0 Å². The Morgan fingerprint density at radius 2 is 1.82 bits per heavy atom. The van der Waals surface area contributed by atoms with E-state index in [-0.39, 0.29) is 19.1 Å². The van der Waals surface area contributed by atoms with Gasteiger partial charge in [0, 0.05) is 12.1 Å². The highest BCUT2D eigenvalue weighted by Crippen LogP contribution is 2.12. The number of carbonyl (C=O) groups is 1. The third kappa shape index (κ3) is 4.90. The molecule has 0 heterocycles. The van der Waals surface area contributed by atoms with Gasteiger partial charge in [-0.25, -0.2) is 0 Å². The first-order chi connectivity index (χ1) is 10.5. The van der Waals surface area contributed by atoms with E-state index in [0.717, 1.165) is 11.1 Å². The zero-order valence-electron chi connectivity index (χ0n) is 12.9. The maximum Gasteiger partial charge on any atom is 0.251 e. The molecule has 0 aliphatic heterocycles. The number of hydrogen-bond donors (Lipinski definition) is 2.